The lowest BCUT2D eigenvalue weighted by atomic mass is 10.2. The maximum Gasteiger partial charge on any atom is 0.336 e. The summed E-state index contributed by atoms with van der Waals surface area (Å²) in [4.78, 5) is 24.0. The van der Waals surface area contributed by atoms with E-state index in [4.69, 9.17) is 9.68 Å². The summed E-state index contributed by atoms with van der Waals surface area (Å²) in [5, 5.41) is 9.21. The summed E-state index contributed by atoms with van der Waals surface area (Å²) in [5.74, 6) is -0.283. The van der Waals surface area contributed by atoms with Gasteiger partial charge >= 0.3 is 5.63 Å². The molecule has 0 bridgehead atoms. The first kappa shape index (κ1) is 11.9. The van der Waals surface area contributed by atoms with Crippen molar-refractivity contribution in [2.75, 3.05) is 11.9 Å². The van der Waals surface area contributed by atoms with Gasteiger partial charge in [-0.15, -0.1) is 0 Å². The lowest BCUT2D eigenvalue weighted by molar-refractivity contribution is -0.117. The van der Waals surface area contributed by atoms with E-state index in [1.807, 2.05) is 6.07 Å². The first-order chi connectivity index (χ1) is 8.61. The Bertz CT molecular complexity index is 697. The zero-order chi connectivity index (χ0) is 13.1. The lowest BCUT2D eigenvalue weighted by Crippen LogP contribution is -2.25. The molecule has 1 aromatic heterocycles. The van der Waals surface area contributed by atoms with Crippen LogP contribution >= 0.6 is 0 Å². The number of benzene rings is 1. The molecular weight excluding hydrogens is 232 g/mol. The molecule has 2 rings (SSSR count). The van der Waals surface area contributed by atoms with Crippen molar-refractivity contribution < 1.29 is 9.21 Å². The van der Waals surface area contributed by atoms with Gasteiger partial charge in [0.2, 0.25) is 5.91 Å². The van der Waals surface area contributed by atoms with Gasteiger partial charge < -0.3 is 9.32 Å². The lowest BCUT2D eigenvalue weighted by Gasteiger charge is -2.15. The first-order valence-corrected chi connectivity index (χ1v) is 5.29. The van der Waals surface area contributed by atoms with Gasteiger partial charge in [0.1, 0.15) is 12.0 Å². The van der Waals surface area contributed by atoms with Crippen LogP contribution in [0, 0.1) is 11.3 Å². The molecular formula is C13H10N2O3. The summed E-state index contributed by atoms with van der Waals surface area (Å²) in [7, 11) is 1.60. The van der Waals surface area contributed by atoms with Crippen LogP contribution in [0.5, 0.6) is 0 Å². The van der Waals surface area contributed by atoms with E-state index in [1.165, 1.54) is 11.0 Å². The van der Waals surface area contributed by atoms with Crippen LogP contribution in [0.4, 0.5) is 5.69 Å². The van der Waals surface area contributed by atoms with E-state index in [0.29, 0.717) is 11.3 Å². The van der Waals surface area contributed by atoms with Crippen molar-refractivity contribution in [3.05, 3.63) is 40.8 Å². The Morgan fingerprint density at radius 3 is 2.89 bits per heavy atom. The number of rotatable bonds is 2. The molecule has 90 valence electrons. The third-order valence-corrected chi connectivity index (χ3v) is 2.59. The molecule has 0 saturated heterocycles. The number of anilines is 1. The molecule has 18 heavy (non-hydrogen) atoms. The van der Waals surface area contributed by atoms with Crippen LogP contribution in [-0.2, 0) is 4.79 Å². The predicted molar refractivity (Wildman–Crippen MR) is 66.1 cm³/mol. The van der Waals surface area contributed by atoms with E-state index in [1.54, 1.807) is 31.3 Å². The van der Waals surface area contributed by atoms with Crippen LogP contribution in [0.1, 0.15) is 6.42 Å². The van der Waals surface area contributed by atoms with Gasteiger partial charge in [-0.1, -0.05) is 0 Å². The summed E-state index contributed by atoms with van der Waals surface area (Å²) in [6.45, 7) is 0. The largest absolute Gasteiger partial charge is 0.423 e. The molecule has 0 aliphatic heterocycles. The van der Waals surface area contributed by atoms with Crippen LogP contribution in [-0.4, -0.2) is 13.0 Å². The van der Waals surface area contributed by atoms with Gasteiger partial charge in [0.25, 0.3) is 0 Å². The Kier molecular flexibility index (Phi) is 3.11. The Hall–Kier alpha value is -2.61. The highest BCUT2D eigenvalue weighted by Crippen LogP contribution is 2.20. The van der Waals surface area contributed by atoms with Crippen molar-refractivity contribution in [2.45, 2.75) is 6.42 Å². The number of amides is 1. The fraction of sp³-hybridized carbons (Fsp3) is 0.154. The van der Waals surface area contributed by atoms with E-state index in [2.05, 4.69) is 0 Å². The van der Waals surface area contributed by atoms with Crippen molar-refractivity contribution in [3.63, 3.8) is 0 Å². The van der Waals surface area contributed by atoms with Gasteiger partial charge in [0.15, 0.2) is 0 Å². The van der Waals surface area contributed by atoms with Crippen LogP contribution in [0.15, 0.2) is 39.5 Å². The molecule has 1 heterocycles. The molecule has 5 heteroatoms. The third kappa shape index (κ3) is 2.23. The summed E-state index contributed by atoms with van der Waals surface area (Å²) in [6, 6.07) is 9.79. The summed E-state index contributed by atoms with van der Waals surface area (Å²) < 4.78 is 4.99. The average Bonchev–Trinajstić information content (AvgIpc) is 2.37. The van der Waals surface area contributed by atoms with Gasteiger partial charge in [0.05, 0.1) is 6.07 Å². The topological polar surface area (TPSA) is 74.3 Å². The minimum atomic E-state index is -0.413. The summed E-state index contributed by atoms with van der Waals surface area (Å²) in [6.07, 6.45) is -0.168. The van der Waals surface area contributed by atoms with Crippen molar-refractivity contribution in [1.29, 1.82) is 5.26 Å². The van der Waals surface area contributed by atoms with Crippen LogP contribution in [0.2, 0.25) is 0 Å². The third-order valence-electron chi connectivity index (χ3n) is 2.59. The van der Waals surface area contributed by atoms with E-state index in [9.17, 15) is 9.59 Å². The highest BCUT2D eigenvalue weighted by molar-refractivity contribution is 5.96. The van der Waals surface area contributed by atoms with Crippen LogP contribution in [0.25, 0.3) is 11.0 Å². The van der Waals surface area contributed by atoms with Crippen LogP contribution in [0.3, 0.4) is 0 Å². The molecule has 0 saturated carbocycles. The summed E-state index contributed by atoms with van der Waals surface area (Å²) >= 11 is 0. The molecule has 0 radical (unpaired) electrons. The highest BCUT2D eigenvalue weighted by atomic mass is 16.4. The molecule has 0 aliphatic carbocycles. The molecule has 0 unspecified atom stereocenters. The van der Waals surface area contributed by atoms with E-state index < -0.39 is 5.63 Å². The van der Waals surface area contributed by atoms with Gasteiger partial charge in [0, 0.05) is 24.2 Å². The number of nitriles is 1. The first-order valence-electron chi connectivity index (χ1n) is 5.29. The average molecular weight is 242 g/mol. The van der Waals surface area contributed by atoms with Crippen molar-refractivity contribution in [3.8, 4) is 6.07 Å². The maximum atomic E-state index is 11.6. The van der Waals surface area contributed by atoms with E-state index in [0.717, 1.165) is 5.39 Å². The fourth-order valence-electron chi connectivity index (χ4n) is 1.60. The Morgan fingerprint density at radius 2 is 2.17 bits per heavy atom. The SMILES string of the molecule is CN(C(=O)CC#N)c1ccc2oc(=O)ccc2c1. The molecule has 1 amide bonds. The summed E-state index contributed by atoms with van der Waals surface area (Å²) in [5.41, 5.74) is 0.702. The molecule has 0 aliphatic rings. The zero-order valence-electron chi connectivity index (χ0n) is 9.71. The smallest absolute Gasteiger partial charge is 0.336 e. The fourth-order valence-corrected chi connectivity index (χ4v) is 1.60. The van der Waals surface area contributed by atoms with Crippen molar-refractivity contribution >= 4 is 22.6 Å². The molecule has 0 N–H and O–H groups in total. The Morgan fingerprint density at radius 1 is 1.39 bits per heavy atom. The number of fused-ring (bicyclic) bond motifs is 1. The normalized spacial score (nSPS) is 10.0. The molecule has 0 spiro atoms. The zero-order valence-corrected chi connectivity index (χ0v) is 9.71. The molecule has 2 aromatic rings. The van der Waals surface area contributed by atoms with Gasteiger partial charge in [-0.05, 0) is 24.3 Å². The number of hydrogen-bond acceptors (Lipinski definition) is 4. The quantitative estimate of drug-likeness (QED) is 0.751. The predicted octanol–water partition coefficient (Wildman–Crippen LogP) is 1.67. The second-order valence-corrected chi connectivity index (χ2v) is 3.76. The number of nitrogens with zero attached hydrogens (tertiary/aromatic N) is 2. The van der Waals surface area contributed by atoms with Gasteiger partial charge in [-0.3, -0.25) is 4.79 Å². The molecule has 0 atom stereocenters. The van der Waals surface area contributed by atoms with Gasteiger partial charge in [-0.2, -0.15) is 5.26 Å². The number of carbonyl (C=O) groups is 1. The molecule has 0 fully saturated rings. The molecule has 1 aromatic carbocycles. The van der Waals surface area contributed by atoms with Crippen LogP contribution < -0.4 is 10.5 Å². The van der Waals surface area contributed by atoms with E-state index in [-0.39, 0.29) is 12.3 Å². The maximum absolute atomic E-state index is 11.6. The number of hydrogen-bond donors (Lipinski definition) is 0. The minimum absolute atomic E-state index is 0.168. The van der Waals surface area contributed by atoms with Gasteiger partial charge in [-0.25, -0.2) is 4.79 Å². The second-order valence-electron chi connectivity index (χ2n) is 3.76. The highest BCUT2D eigenvalue weighted by Gasteiger charge is 2.11. The number of carbonyl (C=O) groups excluding carboxylic acids is 1. The Labute approximate surface area is 103 Å². The second kappa shape index (κ2) is 4.72. The monoisotopic (exact) mass is 242 g/mol. The standard InChI is InChI=1S/C13H10N2O3/c1-15(12(16)6-7-14)10-3-4-11-9(8-10)2-5-13(17)18-11/h2-5,8H,6H2,1H3. The van der Waals surface area contributed by atoms with E-state index >= 15 is 0 Å². The van der Waals surface area contributed by atoms with Crippen molar-refractivity contribution in [2.24, 2.45) is 0 Å². The van der Waals surface area contributed by atoms with Crippen molar-refractivity contribution in [1.82, 2.24) is 0 Å². The Balaban J connectivity index is 2.42. The molecule has 5 nitrogen and oxygen atoms in total. The minimum Gasteiger partial charge on any atom is -0.423 e.